The predicted octanol–water partition coefficient (Wildman–Crippen LogP) is -2.28. The lowest BCUT2D eigenvalue weighted by atomic mass is 9.99. The number of methoxy groups -OCH3 is 1. The predicted molar refractivity (Wildman–Crippen MR) is 146 cm³/mol. The Morgan fingerprint density at radius 3 is 1.83 bits per heavy atom. The Balaban J connectivity index is 1.44. The Bertz CT molecular complexity index is 1690. The minimum Gasteiger partial charge on any atom is -0.507 e. The second kappa shape index (κ2) is 12.7. The second-order valence-corrected chi connectivity index (χ2v) is 10.4. The van der Waals surface area contributed by atoms with Gasteiger partial charge in [0.2, 0.25) is 12.6 Å². The highest BCUT2D eigenvalue weighted by molar-refractivity contribution is 5.86. The maximum atomic E-state index is 13.0. The average Bonchev–Trinajstić information content (AvgIpc) is 3.00. The summed E-state index contributed by atoms with van der Waals surface area (Å²) in [7, 11) is 1.24. The Morgan fingerprint density at radius 2 is 1.28 bits per heavy atom. The molecule has 0 unspecified atom stereocenters. The Kier molecular flexibility index (Phi) is 9.07. The van der Waals surface area contributed by atoms with E-state index in [0.29, 0.717) is 0 Å². The molecule has 5 rings (SSSR count). The number of aromatic hydroxyl groups is 1. The van der Waals surface area contributed by atoms with Gasteiger partial charge in [-0.3, -0.25) is 4.79 Å². The van der Waals surface area contributed by atoms with Crippen LogP contribution in [0.2, 0.25) is 0 Å². The molecular weight excluding hydrogens is 624 g/mol. The number of aliphatic carboxylic acids is 2. The summed E-state index contributed by atoms with van der Waals surface area (Å²) in [5, 5.41) is 89.2. The van der Waals surface area contributed by atoms with E-state index >= 15 is 0 Å². The van der Waals surface area contributed by atoms with Crippen LogP contribution in [0.15, 0.2) is 45.6 Å². The van der Waals surface area contributed by atoms with Gasteiger partial charge in [0.25, 0.3) is 0 Å². The first-order chi connectivity index (χ1) is 21.7. The van der Waals surface area contributed by atoms with Gasteiger partial charge < -0.3 is 74.1 Å². The third kappa shape index (κ3) is 6.02. The van der Waals surface area contributed by atoms with Crippen LogP contribution >= 0.6 is 0 Å². The lowest BCUT2D eigenvalue weighted by molar-refractivity contribution is -0.271. The smallest absolute Gasteiger partial charge is 0.335 e. The molecule has 9 N–H and O–H groups in total. The zero-order valence-electron chi connectivity index (χ0n) is 23.4. The quantitative estimate of drug-likeness (QED) is 0.124. The molecular formula is C28H28O18. The standard InChI is InChI=1S/C28H28O18/c1-41-14-4-8(2-3-12(14)44-28-22(36)18(32)20(34)24(46-28)26(39)40)13-7-11(30)16-10(29)5-9(6-15(16)43-13)42-27-21(35)17(31)19(33)23(45-27)25(37)38/h2-7,17-24,27-29,31-36H,1H3,(H,37,38)(H,39,40)/t17-,18-,19-,20-,21-,22+,23+,24-,27+,28+/m0/s1. The first-order valence-corrected chi connectivity index (χ1v) is 13.4. The molecule has 3 aromatic rings. The number of aliphatic hydroxyl groups is 6. The molecule has 0 spiro atoms. The number of rotatable bonds is 8. The van der Waals surface area contributed by atoms with Gasteiger partial charge in [0, 0.05) is 23.8 Å². The number of phenols is 1. The van der Waals surface area contributed by atoms with Crippen LogP contribution < -0.4 is 19.6 Å². The van der Waals surface area contributed by atoms with E-state index in [4.69, 9.17) is 28.1 Å². The summed E-state index contributed by atoms with van der Waals surface area (Å²) in [6, 6.07) is 7.13. The van der Waals surface area contributed by atoms with Gasteiger partial charge in [-0.2, -0.15) is 0 Å². The largest absolute Gasteiger partial charge is 0.507 e. The molecule has 18 nitrogen and oxygen atoms in total. The molecule has 2 fully saturated rings. The van der Waals surface area contributed by atoms with E-state index in [9.17, 15) is 60.3 Å². The lowest BCUT2D eigenvalue weighted by Crippen LogP contribution is -2.61. The molecule has 2 aliphatic heterocycles. The molecule has 2 saturated heterocycles. The molecule has 2 aliphatic rings. The maximum Gasteiger partial charge on any atom is 0.335 e. The van der Waals surface area contributed by atoms with Crippen molar-refractivity contribution < 1.29 is 83.6 Å². The highest BCUT2D eigenvalue weighted by Crippen LogP contribution is 2.37. The SMILES string of the molecule is COc1cc(-c2cc(=O)c3c(O)cc(O[C@@H]4O[C@@H](C(=O)O)[C@@H](O)[C@H](O)[C@@H]4O)cc3o2)ccc1O[C@@H]1O[C@H](C(=O)O)[C@@H](O)[C@H](O)[C@H]1O. The highest BCUT2D eigenvalue weighted by Gasteiger charge is 2.49. The second-order valence-electron chi connectivity index (χ2n) is 10.4. The fourth-order valence-corrected chi connectivity index (χ4v) is 4.93. The van der Waals surface area contributed by atoms with Gasteiger partial charge in [-0.15, -0.1) is 0 Å². The van der Waals surface area contributed by atoms with Crippen LogP contribution in [0.1, 0.15) is 0 Å². The zero-order valence-corrected chi connectivity index (χ0v) is 23.4. The molecule has 0 aliphatic carbocycles. The van der Waals surface area contributed by atoms with E-state index in [-0.39, 0.29) is 39.5 Å². The molecule has 10 atom stereocenters. The minimum absolute atomic E-state index is 0.0272. The van der Waals surface area contributed by atoms with Gasteiger partial charge in [-0.25, -0.2) is 9.59 Å². The topological polar surface area (TPSA) is 293 Å². The maximum absolute atomic E-state index is 13.0. The highest BCUT2D eigenvalue weighted by atomic mass is 16.7. The summed E-state index contributed by atoms with van der Waals surface area (Å²) in [4.78, 5) is 35.8. The van der Waals surface area contributed by atoms with Gasteiger partial charge in [-0.1, -0.05) is 0 Å². The number of hydrogen-bond acceptors (Lipinski definition) is 16. The Labute approximate surface area is 256 Å². The van der Waals surface area contributed by atoms with Crippen molar-refractivity contribution >= 4 is 22.9 Å². The van der Waals surface area contributed by atoms with Crippen LogP contribution in [0.25, 0.3) is 22.3 Å². The Hall–Kier alpha value is -4.53. The summed E-state index contributed by atoms with van der Waals surface area (Å²) in [6.45, 7) is 0. The summed E-state index contributed by atoms with van der Waals surface area (Å²) >= 11 is 0. The molecule has 18 heteroatoms. The molecule has 248 valence electrons. The van der Waals surface area contributed by atoms with Crippen molar-refractivity contribution in [3.8, 4) is 34.3 Å². The van der Waals surface area contributed by atoms with Crippen LogP contribution in [0.5, 0.6) is 23.0 Å². The molecule has 46 heavy (non-hydrogen) atoms. The third-order valence-corrected chi connectivity index (χ3v) is 7.35. The number of carbonyl (C=O) groups is 2. The number of aliphatic hydroxyl groups excluding tert-OH is 6. The lowest BCUT2D eigenvalue weighted by Gasteiger charge is -2.38. The van der Waals surface area contributed by atoms with Crippen molar-refractivity contribution in [1.29, 1.82) is 0 Å². The van der Waals surface area contributed by atoms with Gasteiger partial charge >= 0.3 is 11.9 Å². The number of phenolic OH excluding ortho intramolecular Hbond substituents is 1. The van der Waals surface area contributed by atoms with Gasteiger partial charge in [0.05, 0.1) is 7.11 Å². The summed E-state index contributed by atoms with van der Waals surface area (Å²) < 4.78 is 32.3. The number of ether oxygens (including phenoxy) is 5. The van der Waals surface area contributed by atoms with Crippen LogP contribution in [0, 0.1) is 0 Å². The number of carboxylic acid groups (broad SMARTS) is 2. The normalized spacial score (nSPS) is 31.3. The average molecular weight is 653 g/mol. The first-order valence-electron chi connectivity index (χ1n) is 13.4. The number of benzene rings is 2. The van der Waals surface area contributed by atoms with E-state index < -0.39 is 84.5 Å². The fourth-order valence-electron chi connectivity index (χ4n) is 4.93. The number of fused-ring (bicyclic) bond motifs is 1. The van der Waals surface area contributed by atoms with Crippen LogP contribution in [0.3, 0.4) is 0 Å². The summed E-state index contributed by atoms with van der Waals surface area (Å²) in [5.41, 5.74) is -0.724. The van der Waals surface area contributed by atoms with Crippen molar-refractivity contribution in [2.75, 3.05) is 7.11 Å². The van der Waals surface area contributed by atoms with E-state index in [0.717, 1.165) is 18.2 Å². The molecule has 0 bridgehead atoms. The van der Waals surface area contributed by atoms with Crippen molar-refractivity contribution in [2.45, 2.75) is 61.4 Å². The minimum atomic E-state index is -1.96. The van der Waals surface area contributed by atoms with Crippen molar-refractivity contribution in [1.82, 2.24) is 0 Å². The van der Waals surface area contributed by atoms with E-state index in [2.05, 4.69) is 0 Å². The van der Waals surface area contributed by atoms with E-state index in [1.807, 2.05) is 0 Å². The van der Waals surface area contributed by atoms with Crippen molar-refractivity contribution in [3.63, 3.8) is 0 Å². The molecule has 0 radical (unpaired) electrons. The zero-order chi connectivity index (χ0) is 33.6. The van der Waals surface area contributed by atoms with Crippen LogP contribution in [0.4, 0.5) is 0 Å². The fraction of sp³-hybridized carbons (Fsp3) is 0.393. The number of hydrogen-bond donors (Lipinski definition) is 9. The van der Waals surface area contributed by atoms with Crippen molar-refractivity contribution in [3.05, 3.63) is 46.6 Å². The molecule has 2 aromatic carbocycles. The van der Waals surface area contributed by atoms with Gasteiger partial charge in [-0.05, 0) is 18.2 Å². The van der Waals surface area contributed by atoms with Crippen molar-refractivity contribution in [2.24, 2.45) is 0 Å². The third-order valence-electron chi connectivity index (χ3n) is 7.35. The van der Waals surface area contributed by atoms with Crippen LogP contribution in [-0.2, 0) is 19.1 Å². The summed E-state index contributed by atoms with van der Waals surface area (Å²) in [5.74, 6) is -4.34. The molecule has 1 aromatic heterocycles. The number of carboxylic acids is 2. The molecule has 0 saturated carbocycles. The van der Waals surface area contributed by atoms with E-state index in [1.165, 1.54) is 25.3 Å². The van der Waals surface area contributed by atoms with E-state index in [1.54, 1.807) is 0 Å². The molecule has 0 amide bonds. The van der Waals surface area contributed by atoms with Crippen LogP contribution in [-0.4, -0.2) is 126 Å². The monoisotopic (exact) mass is 652 g/mol. The Morgan fingerprint density at radius 1 is 0.717 bits per heavy atom. The molecule has 3 heterocycles. The van der Waals surface area contributed by atoms with Gasteiger partial charge in [0.1, 0.15) is 64.9 Å². The summed E-state index contributed by atoms with van der Waals surface area (Å²) in [6.07, 6.45) is -18.9. The first kappa shape index (κ1) is 32.9. The van der Waals surface area contributed by atoms with Gasteiger partial charge in [0.15, 0.2) is 29.1 Å².